The monoisotopic (exact) mass is 290 g/mol. The Hall–Kier alpha value is -1.24. The molecule has 1 saturated heterocycles. The highest BCUT2D eigenvalue weighted by molar-refractivity contribution is 7.15. The third-order valence-electron chi connectivity index (χ3n) is 4.47. The summed E-state index contributed by atoms with van der Waals surface area (Å²) in [6.45, 7) is 2.94. The Morgan fingerprint density at radius 3 is 2.90 bits per heavy atom. The molecule has 4 rings (SSSR count). The summed E-state index contributed by atoms with van der Waals surface area (Å²) in [5.74, 6) is 0. The zero-order chi connectivity index (χ0) is 13.5. The number of nitrogens with one attached hydrogen (secondary N) is 1. The maximum atomic E-state index is 12.0. The predicted octanol–water partition coefficient (Wildman–Crippen LogP) is 1.08. The number of rotatable bonds is 4. The number of nitrogens with zero attached hydrogens (tertiary/aromatic N) is 3. The highest BCUT2D eigenvalue weighted by atomic mass is 32.1. The van der Waals surface area contributed by atoms with Crippen LogP contribution in [0.5, 0.6) is 0 Å². The van der Waals surface area contributed by atoms with Gasteiger partial charge in [-0.3, -0.25) is 14.1 Å². The van der Waals surface area contributed by atoms with E-state index in [1.165, 1.54) is 30.6 Å². The van der Waals surface area contributed by atoms with E-state index >= 15 is 0 Å². The molecule has 106 valence electrons. The fourth-order valence-electron chi connectivity index (χ4n) is 2.94. The first-order chi connectivity index (χ1) is 9.81. The zero-order valence-electron chi connectivity index (χ0n) is 11.3. The van der Waals surface area contributed by atoms with Crippen molar-refractivity contribution in [2.24, 2.45) is 0 Å². The van der Waals surface area contributed by atoms with Gasteiger partial charge < -0.3 is 5.32 Å². The first-order valence-corrected chi connectivity index (χ1v) is 8.11. The molecule has 1 aliphatic carbocycles. The van der Waals surface area contributed by atoms with Gasteiger partial charge in [-0.2, -0.15) is 0 Å². The van der Waals surface area contributed by atoms with Crippen LogP contribution in [0.1, 0.15) is 25.0 Å². The molecule has 6 heteroatoms. The quantitative estimate of drug-likeness (QED) is 0.915. The van der Waals surface area contributed by atoms with Gasteiger partial charge in [0.2, 0.25) is 0 Å². The summed E-state index contributed by atoms with van der Waals surface area (Å²) >= 11 is 1.52. The molecule has 20 heavy (non-hydrogen) atoms. The van der Waals surface area contributed by atoms with Gasteiger partial charge in [-0.25, -0.2) is 4.98 Å². The summed E-state index contributed by atoms with van der Waals surface area (Å²) in [5.41, 5.74) is 0.947. The van der Waals surface area contributed by atoms with Crippen molar-refractivity contribution >= 4 is 16.3 Å². The molecule has 3 heterocycles. The summed E-state index contributed by atoms with van der Waals surface area (Å²) in [7, 11) is 0. The summed E-state index contributed by atoms with van der Waals surface area (Å²) in [5, 5.41) is 5.25. The lowest BCUT2D eigenvalue weighted by molar-refractivity contribution is 0.0443. The standard InChI is InChI=1S/C14H18N4OS/c19-13-6-10(16-14-17(13)4-5-20-14)9-18(11-2-1-3-11)12-7-15-8-12/h4-6,11-12,15H,1-3,7-9H2. The third-order valence-corrected chi connectivity index (χ3v) is 5.23. The van der Waals surface area contributed by atoms with Crippen molar-refractivity contribution < 1.29 is 0 Å². The first kappa shape index (κ1) is 12.5. The minimum atomic E-state index is 0.0338. The van der Waals surface area contributed by atoms with Gasteiger partial charge in [0.1, 0.15) is 0 Å². The van der Waals surface area contributed by atoms with E-state index in [0.717, 1.165) is 30.3 Å². The summed E-state index contributed by atoms with van der Waals surface area (Å²) < 4.78 is 1.62. The van der Waals surface area contributed by atoms with Crippen molar-refractivity contribution in [1.29, 1.82) is 0 Å². The lowest BCUT2D eigenvalue weighted by Gasteiger charge is -2.46. The van der Waals surface area contributed by atoms with Gasteiger partial charge in [0, 0.05) is 49.4 Å². The molecule has 0 amide bonds. The highest BCUT2D eigenvalue weighted by Crippen LogP contribution is 2.28. The molecule has 0 atom stereocenters. The second kappa shape index (κ2) is 4.95. The topological polar surface area (TPSA) is 49.6 Å². The van der Waals surface area contributed by atoms with E-state index in [0.29, 0.717) is 12.1 Å². The van der Waals surface area contributed by atoms with Crippen LogP contribution in [-0.2, 0) is 6.54 Å². The number of hydrogen-bond acceptors (Lipinski definition) is 5. The maximum Gasteiger partial charge on any atom is 0.258 e. The number of aromatic nitrogens is 2. The molecule has 0 bridgehead atoms. The fraction of sp³-hybridized carbons (Fsp3) is 0.571. The first-order valence-electron chi connectivity index (χ1n) is 7.23. The predicted molar refractivity (Wildman–Crippen MR) is 79.2 cm³/mol. The SMILES string of the molecule is O=c1cc(CN(C2CCC2)C2CNC2)nc2sccn12. The number of thiazole rings is 1. The molecular formula is C14H18N4OS. The molecule has 0 radical (unpaired) electrons. The van der Waals surface area contributed by atoms with Gasteiger partial charge in [0.25, 0.3) is 5.56 Å². The van der Waals surface area contributed by atoms with E-state index in [9.17, 15) is 4.79 Å². The van der Waals surface area contributed by atoms with Crippen LogP contribution in [0.25, 0.3) is 4.96 Å². The Bertz CT molecular complexity index is 657. The summed E-state index contributed by atoms with van der Waals surface area (Å²) in [6, 6.07) is 2.99. The molecular weight excluding hydrogens is 272 g/mol. The molecule has 2 aromatic heterocycles. The Balaban J connectivity index is 1.62. The van der Waals surface area contributed by atoms with Crippen LogP contribution in [0.15, 0.2) is 22.4 Å². The largest absolute Gasteiger partial charge is 0.314 e. The molecule has 2 aliphatic rings. The molecule has 2 aromatic rings. The maximum absolute atomic E-state index is 12.0. The van der Waals surface area contributed by atoms with Crippen molar-refractivity contribution in [3.05, 3.63) is 33.7 Å². The van der Waals surface area contributed by atoms with Crippen LogP contribution in [0.4, 0.5) is 0 Å². The fourth-order valence-corrected chi connectivity index (χ4v) is 3.68. The molecule has 0 aromatic carbocycles. The molecule has 1 N–H and O–H groups in total. The minimum Gasteiger partial charge on any atom is -0.314 e. The number of hydrogen-bond donors (Lipinski definition) is 1. The molecule has 0 spiro atoms. The van der Waals surface area contributed by atoms with Crippen LogP contribution in [0.3, 0.4) is 0 Å². The molecule has 2 fully saturated rings. The molecule has 1 aliphatic heterocycles. The van der Waals surface area contributed by atoms with Gasteiger partial charge in [0.05, 0.1) is 5.69 Å². The Morgan fingerprint density at radius 2 is 2.25 bits per heavy atom. The van der Waals surface area contributed by atoms with E-state index in [-0.39, 0.29) is 5.56 Å². The van der Waals surface area contributed by atoms with Gasteiger partial charge in [-0.05, 0) is 12.8 Å². The molecule has 5 nitrogen and oxygen atoms in total. The molecule has 0 unspecified atom stereocenters. The van der Waals surface area contributed by atoms with Crippen LogP contribution >= 0.6 is 11.3 Å². The van der Waals surface area contributed by atoms with Crippen molar-refractivity contribution in [3.8, 4) is 0 Å². The van der Waals surface area contributed by atoms with Gasteiger partial charge in [-0.15, -0.1) is 11.3 Å². The van der Waals surface area contributed by atoms with E-state index in [2.05, 4.69) is 15.2 Å². The Labute approximate surface area is 121 Å². The number of fused-ring (bicyclic) bond motifs is 1. The van der Waals surface area contributed by atoms with Gasteiger partial charge >= 0.3 is 0 Å². The van der Waals surface area contributed by atoms with Crippen molar-refractivity contribution in [2.75, 3.05) is 13.1 Å². The van der Waals surface area contributed by atoms with Crippen molar-refractivity contribution in [3.63, 3.8) is 0 Å². The summed E-state index contributed by atoms with van der Waals surface area (Å²) in [4.78, 5) is 20.0. The Morgan fingerprint density at radius 1 is 1.40 bits per heavy atom. The average molecular weight is 290 g/mol. The van der Waals surface area contributed by atoms with Gasteiger partial charge in [-0.1, -0.05) is 6.42 Å². The van der Waals surface area contributed by atoms with Crippen molar-refractivity contribution in [1.82, 2.24) is 19.6 Å². The normalized spacial score (nSPS) is 20.2. The smallest absolute Gasteiger partial charge is 0.258 e. The Kier molecular flexibility index (Phi) is 3.09. The van der Waals surface area contributed by atoms with E-state index in [1.54, 1.807) is 16.7 Å². The lowest BCUT2D eigenvalue weighted by atomic mass is 9.89. The zero-order valence-corrected chi connectivity index (χ0v) is 12.1. The van der Waals surface area contributed by atoms with Crippen LogP contribution in [-0.4, -0.2) is 39.5 Å². The third kappa shape index (κ3) is 2.08. The second-order valence-electron chi connectivity index (χ2n) is 5.71. The van der Waals surface area contributed by atoms with Crippen LogP contribution in [0.2, 0.25) is 0 Å². The second-order valence-corrected chi connectivity index (χ2v) is 6.58. The van der Waals surface area contributed by atoms with Crippen molar-refractivity contribution in [2.45, 2.75) is 37.9 Å². The molecule has 1 saturated carbocycles. The van der Waals surface area contributed by atoms with Crippen LogP contribution in [0, 0.1) is 0 Å². The lowest BCUT2D eigenvalue weighted by Crippen LogP contribution is -2.60. The van der Waals surface area contributed by atoms with E-state index < -0.39 is 0 Å². The van der Waals surface area contributed by atoms with E-state index in [1.807, 2.05) is 5.38 Å². The van der Waals surface area contributed by atoms with Gasteiger partial charge in [0.15, 0.2) is 4.96 Å². The highest BCUT2D eigenvalue weighted by Gasteiger charge is 2.33. The summed E-state index contributed by atoms with van der Waals surface area (Å²) in [6.07, 6.45) is 5.70. The van der Waals surface area contributed by atoms with Crippen LogP contribution < -0.4 is 10.9 Å². The van der Waals surface area contributed by atoms with E-state index in [4.69, 9.17) is 0 Å². The minimum absolute atomic E-state index is 0.0338. The average Bonchev–Trinajstić information content (AvgIpc) is 2.72.